The van der Waals surface area contributed by atoms with E-state index >= 15 is 0 Å². The maximum atomic E-state index is 13.4. The Kier molecular flexibility index (Phi) is 13.2. The lowest BCUT2D eigenvalue weighted by Gasteiger charge is -2.25. The highest BCUT2D eigenvalue weighted by Crippen LogP contribution is 2.30. The minimum Gasteiger partial charge on any atom is -0.494 e. The van der Waals surface area contributed by atoms with Gasteiger partial charge in [0, 0.05) is 12.5 Å². The zero-order valence-electron chi connectivity index (χ0n) is 25.3. The van der Waals surface area contributed by atoms with Crippen molar-refractivity contribution in [2.24, 2.45) is 16.5 Å². The molecule has 5 N–H and O–H groups in total. The number of nitrogens with one attached hydrogen (secondary N) is 1. The first-order valence-corrected chi connectivity index (χ1v) is 15.5. The molecule has 4 aromatic carbocycles. The molecule has 1 amide bonds. The summed E-state index contributed by atoms with van der Waals surface area (Å²) in [6, 6.07) is 36.9. The molecular formula is C37H44N4O3. The fraction of sp³-hybridized carbons (Fsp3) is 0.297. The Hall–Kier alpha value is -4.78. The molecular weight excluding hydrogens is 548 g/mol. The molecule has 0 aliphatic carbocycles. The van der Waals surface area contributed by atoms with Gasteiger partial charge in [-0.15, -0.1) is 0 Å². The Balaban J connectivity index is 1.12. The number of carbonyl (C=O) groups excluding carboxylic acids is 1. The van der Waals surface area contributed by atoms with Crippen LogP contribution < -0.4 is 26.3 Å². The van der Waals surface area contributed by atoms with Crippen LogP contribution in [-0.2, 0) is 11.4 Å². The monoisotopic (exact) mass is 592 g/mol. The summed E-state index contributed by atoms with van der Waals surface area (Å²) < 4.78 is 11.7. The number of guanidine groups is 1. The van der Waals surface area contributed by atoms with Crippen molar-refractivity contribution in [1.82, 2.24) is 5.32 Å². The lowest BCUT2D eigenvalue weighted by Crippen LogP contribution is -2.40. The van der Waals surface area contributed by atoms with E-state index in [2.05, 4.69) is 22.4 Å². The molecule has 0 spiro atoms. The summed E-state index contributed by atoms with van der Waals surface area (Å²) >= 11 is 0. The maximum Gasteiger partial charge on any atom is 0.245 e. The van der Waals surface area contributed by atoms with Gasteiger partial charge in [0.1, 0.15) is 24.1 Å². The average Bonchev–Trinajstić information content (AvgIpc) is 3.06. The summed E-state index contributed by atoms with van der Waals surface area (Å²) in [7, 11) is 0. The number of nitrogens with two attached hydrogens (primary N) is 2. The predicted octanol–water partition coefficient (Wildman–Crippen LogP) is 6.58. The number of aliphatic imine (C=N–C) groups is 1. The maximum absolute atomic E-state index is 13.4. The Morgan fingerprint density at radius 1 is 0.636 bits per heavy atom. The smallest absolute Gasteiger partial charge is 0.245 e. The van der Waals surface area contributed by atoms with Gasteiger partial charge in [0.2, 0.25) is 5.91 Å². The van der Waals surface area contributed by atoms with Crippen LogP contribution in [0.1, 0.15) is 61.1 Å². The SMILES string of the molecule is NC(N)=N[C@H](C(=O)NCCCCCCCCOc1ccc(OCc2ccccc2)cc1)C(c1ccccc1)c1ccccc1. The van der Waals surface area contributed by atoms with Crippen LogP contribution in [0.2, 0.25) is 0 Å². The minimum absolute atomic E-state index is 0.101. The second-order valence-electron chi connectivity index (χ2n) is 10.8. The molecule has 0 unspecified atom stereocenters. The number of hydrogen-bond acceptors (Lipinski definition) is 4. The Bertz CT molecular complexity index is 1350. The first kappa shape index (κ1) is 32.1. The van der Waals surface area contributed by atoms with Gasteiger partial charge in [-0.3, -0.25) is 4.79 Å². The Labute approximate surface area is 261 Å². The van der Waals surface area contributed by atoms with E-state index in [1.807, 2.05) is 103 Å². The molecule has 0 radical (unpaired) electrons. The van der Waals surface area contributed by atoms with E-state index in [9.17, 15) is 4.79 Å². The number of amides is 1. The van der Waals surface area contributed by atoms with E-state index in [1.54, 1.807) is 0 Å². The summed E-state index contributed by atoms with van der Waals surface area (Å²) in [5, 5.41) is 3.07. The molecule has 0 aliphatic heterocycles. The quantitative estimate of drug-likeness (QED) is 0.0687. The molecule has 0 bridgehead atoms. The molecule has 0 fully saturated rings. The average molecular weight is 593 g/mol. The summed E-state index contributed by atoms with van der Waals surface area (Å²) in [5.74, 6) is 1.11. The van der Waals surface area contributed by atoms with Crippen LogP contribution in [0.25, 0.3) is 0 Å². The molecule has 0 heterocycles. The molecule has 0 aromatic heterocycles. The molecule has 0 saturated heterocycles. The van der Waals surface area contributed by atoms with Crippen molar-refractivity contribution in [3.63, 3.8) is 0 Å². The van der Waals surface area contributed by atoms with Gasteiger partial charge in [0.15, 0.2) is 5.96 Å². The first-order valence-electron chi connectivity index (χ1n) is 15.5. The summed E-state index contributed by atoms with van der Waals surface area (Å²) in [6.07, 6.45) is 6.29. The summed E-state index contributed by atoms with van der Waals surface area (Å²) in [5.41, 5.74) is 14.7. The highest BCUT2D eigenvalue weighted by atomic mass is 16.5. The molecule has 44 heavy (non-hydrogen) atoms. The third-order valence-electron chi connectivity index (χ3n) is 7.40. The number of benzene rings is 4. The largest absolute Gasteiger partial charge is 0.494 e. The first-order chi connectivity index (χ1) is 21.6. The topological polar surface area (TPSA) is 112 Å². The van der Waals surface area contributed by atoms with Gasteiger partial charge < -0.3 is 26.3 Å². The minimum atomic E-state index is -0.761. The second kappa shape index (κ2) is 18.0. The van der Waals surface area contributed by atoms with Crippen LogP contribution in [0.15, 0.2) is 120 Å². The van der Waals surface area contributed by atoms with Crippen molar-refractivity contribution in [3.05, 3.63) is 132 Å². The number of nitrogens with zero attached hydrogens (tertiary/aromatic N) is 1. The number of carbonyl (C=O) groups is 1. The molecule has 4 rings (SSSR count). The van der Waals surface area contributed by atoms with E-state index in [1.165, 1.54) is 0 Å². The van der Waals surface area contributed by atoms with Crippen LogP contribution in [0, 0.1) is 0 Å². The van der Waals surface area contributed by atoms with Crippen molar-refractivity contribution < 1.29 is 14.3 Å². The fourth-order valence-electron chi connectivity index (χ4n) is 5.14. The molecule has 4 aromatic rings. The summed E-state index contributed by atoms with van der Waals surface area (Å²) in [6.45, 7) is 1.82. The van der Waals surface area contributed by atoms with E-state index in [0.29, 0.717) is 19.8 Å². The van der Waals surface area contributed by atoms with Crippen LogP contribution in [0.5, 0.6) is 11.5 Å². The molecule has 0 saturated carbocycles. The van der Waals surface area contributed by atoms with Gasteiger partial charge in [0.05, 0.1) is 6.61 Å². The van der Waals surface area contributed by atoms with Gasteiger partial charge >= 0.3 is 0 Å². The molecule has 7 heteroatoms. The zero-order valence-corrected chi connectivity index (χ0v) is 25.3. The van der Waals surface area contributed by atoms with Crippen LogP contribution in [-0.4, -0.2) is 31.1 Å². The molecule has 1 atom stereocenters. The third kappa shape index (κ3) is 10.8. The number of ether oxygens (including phenoxy) is 2. The standard InChI is InChI=1S/C37H44N4O3/c38-37(39)41-35(34(30-18-10-6-11-19-30)31-20-12-7-13-21-31)36(42)40-26-14-3-1-2-4-15-27-43-32-22-24-33(25-23-32)44-28-29-16-8-5-9-17-29/h5-13,16-25,34-35H,1-4,14-15,26-28H2,(H,40,42)(H4,38,39,41)/t35-/m0/s1. The normalized spacial score (nSPS) is 11.5. The van der Waals surface area contributed by atoms with Crippen molar-refractivity contribution in [2.75, 3.05) is 13.2 Å². The number of rotatable bonds is 18. The third-order valence-corrected chi connectivity index (χ3v) is 7.40. The van der Waals surface area contributed by atoms with E-state index in [4.69, 9.17) is 20.9 Å². The zero-order chi connectivity index (χ0) is 30.8. The molecule has 230 valence electrons. The van der Waals surface area contributed by atoms with Gasteiger partial charge in [-0.2, -0.15) is 0 Å². The van der Waals surface area contributed by atoms with Gasteiger partial charge in [-0.25, -0.2) is 4.99 Å². The molecule has 0 aliphatic rings. The highest BCUT2D eigenvalue weighted by Gasteiger charge is 2.30. The van der Waals surface area contributed by atoms with E-state index in [0.717, 1.165) is 66.7 Å². The van der Waals surface area contributed by atoms with Crippen LogP contribution in [0.3, 0.4) is 0 Å². The van der Waals surface area contributed by atoms with E-state index < -0.39 is 6.04 Å². The van der Waals surface area contributed by atoms with E-state index in [-0.39, 0.29) is 17.8 Å². The lowest BCUT2D eigenvalue weighted by atomic mass is 9.84. The van der Waals surface area contributed by atoms with Crippen molar-refractivity contribution in [3.8, 4) is 11.5 Å². The summed E-state index contributed by atoms with van der Waals surface area (Å²) in [4.78, 5) is 17.7. The predicted molar refractivity (Wildman–Crippen MR) is 178 cm³/mol. The van der Waals surface area contributed by atoms with Crippen LogP contribution >= 0.6 is 0 Å². The highest BCUT2D eigenvalue weighted by molar-refractivity contribution is 5.87. The number of unbranched alkanes of at least 4 members (excludes halogenated alkanes) is 5. The van der Waals surface area contributed by atoms with Crippen molar-refractivity contribution >= 4 is 11.9 Å². The van der Waals surface area contributed by atoms with Crippen molar-refractivity contribution in [2.45, 2.75) is 57.1 Å². The van der Waals surface area contributed by atoms with Gasteiger partial charge in [0.25, 0.3) is 0 Å². The Morgan fingerprint density at radius 2 is 1.14 bits per heavy atom. The van der Waals surface area contributed by atoms with Crippen LogP contribution in [0.4, 0.5) is 0 Å². The Morgan fingerprint density at radius 3 is 1.70 bits per heavy atom. The number of hydrogen-bond donors (Lipinski definition) is 3. The lowest BCUT2D eigenvalue weighted by molar-refractivity contribution is -0.122. The van der Waals surface area contributed by atoms with Crippen molar-refractivity contribution in [1.29, 1.82) is 0 Å². The van der Waals surface area contributed by atoms with Gasteiger partial charge in [-0.1, -0.05) is 117 Å². The molecule has 7 nitrogen and oxygen atoms in total. The fourth-order valence-corrected chi connectivity index (χ4v) is 5.14. The van der Waals surface area contributed by atoms with Gasteiger partial charge in [-0.05, 0) is 53.8 Å². The second-order valence-corrected chi connectivity index (χ2v) is 10.8.